The van der Waals surface area contributed by atoms with Gasteiger partial charge in [-0.3, -0.25) is 4.79 Å². The molecule has 10 heteroatoms. The fraction of sp³-hybridized carbons (Fsp3) is 0.333. The van der Waals surface area contributed by atoms with Gasteiger partial charge in [-0.1, -0.05) is 0 Å². The molecule has 0 atom stereocenters. The van der Waals surface area contributed by atoms with Crippen LogP contribution in [0.4, 0.5) is 5.69 Å². The van der Waals surface area contributed by atoms with Crippen LogP contribution in [0.25, 0.3) is 10.8 Å². The van der Waals surface area contributed by atoms with Crippen LogP contribution in [-0.2, 0) is 21.2 Å². The molecule has 1 amide bonds. The molecule has 31 heavy (non-hydrogen) atoms. The summed E-state index contributed by atoms with van der Waals surface area (Å²) in [5.74, 6) is 0.653. The Labute approximate surface area is 184 Å². The van der Waals surface area contributed by atoms with E-state index >= 15 is 0 Å². The number of sulfonamides is 1. The van der Waals surface area contributed by atoms with Crippen molar-refractivity contribution in [1.82, 2.24) is 9.29 Å². The molecule has 1 saturated heterocycles. The van der Waals surface area contributed by atoms with E-state index in [1.807, 2.05) is 6.07 Å². The van der Waals surface area contributed by atoms with E-state index in [1.165, 1.54) is 21.7 Å². The molecule has 8 nitrogen and oxygen atoms in total. The topological polar surface area (TPSA) is 102 Å². The van der Waals surface area contributed by atoms with Crippen LogP contribution in [-0.4, -0.2) is 43.3 Å². The summed E-state index contributed by atoms with van der Waals surface area (Å²) in [6.07, 6.45) is 3.32. The number of aromatic nitrogens is 1. The monoisotopic (exact) mass is 461 g/mol. The van der Waals surface area contributed by atoms with Gasteiger partial charge in [-0.15, -0.1) is 11.3 Å². The Morgan fingerprint density at radius 1 is 1.29 bits per heavy atom. The number of anilines is 1. The quantitative estimate of drug-likeness (QED) is 0.548. The van der Waals surface area contributed by atoms with Gasteiger partial charge in [0.1, 0.15) is 10.6 Å². The van der Waals surface area contributed by atoms with Crippen molar-refractivity contribution in [2.45, 2.75) is 31.1 Å². The summed E-state index contributed by atoms with van der Waals surface area (Å²) in [6.45, 7) is 3.13. The fourth-order valence-electron chi connectivity index (χ4n) is 3.40. The highest BCUT2D eigenvalue weighted by atomic mass is 32.2. The zero-order valence-corrected chi connectivity index (χ0v) is 18.7. The van der Waals surface area contributed by atoms with E-state index in [-0.39, 0.29) is 23.0 Å². The average Bonchev–Trinajstić information content (AvgIpc) is 3.51. The van der Waals surface area contributed by atoms with Crippen LogP contribution in [0.2, 0.25) is 0 Å². The van der Waals surface area contributed by atoms with Gasteiger partial charge in [0.2, 0.25) is 15.9 Å². The standard InChI is InChI=1S/C21H23N3O5S2/c1-2-28-17-8-7-15(12-19(17)31(26,27)24-9-3-4-10-24)22-20(25)13-16-14-30-21(23-16)18-6-5-11-29-18/h5-8,11-12,14H,2-4,9-10,13H2,1H3,(H,22,25). The van der Waals surface area contributed by atoms with Crippen LogP contribution in [0.1, 0.15) is 25.5 Å². The van der Waals surface area contributed by atoms with E-state index in [9.17, 15) is 13.2 Å². The van der Waals surface area contributed by atoms with E-state index in [4.69, 9.17) is 9.15 Å². The van der Waals surface area contributed by atoms with Crippen molar-refractivity contribution in [1.29, 1.82) is 0 Å². The highest BCUT2D eigenvalue weighted by Crippen LogP contribution is 2.32. The molecule has 0 aliphatic carbocycles. The van der Waals surface area contributed by atoms with Crippen molar-refractivity contribution in [3.63, 3.8) is 0 Å². The highest BCUT2D eigenvalue weighted by molar-refractivity contribution is 7.89. The summed E-state index contributed by atoms with van der Waals surface area (Å²) >= 11 is 1.40. The molecule has 164 valence electrons. The third kappa shape index (κ3) is 4.81. The molecule has 2 aromatic heterocycles. The van der Waals surface area contributed by atoms with E-state index in [2.05, 4.69) is 10.3 Å². The minimum atomic E-state index is -3.69. The molecule has 0 spiro atoms. The van der Waals surface area contributed by atoms with Crippen LogP contribution in [0.15, 0.2) is 51.3 Å². The molecule has 3 heterocycles. The number of nitrogens with zero attached hydrogens (tertiary/aromatic N) is 2. The zero-order chi connectivity index (χ0) is 21.8. The molecule has 1 fully saturated rings. The molecule has 1 aliphatic heterocycles. The Bertz CT molecular complexity index is 1150. The van der Waals surface area contributed by atoms with Crippen LogP contribution >= 0.6 is 11.3 Å². The fourth-order valence-corrected chi connectivity index (χ4v) is 5.86. The van der Waals surface area contributed by atoms with Crippen LogP contribution < -0.4 is 10.1 Å². The lowest BCUT2D eigenvalue weighted by Crippen LogP contribution is -2.28. The Kier molecular flexibility index (Phi) is 6.40. The maximum atomic E-state index is 13.1. The van der Waals surface area contributed by atoms with Gasteiger partial charge in [0.15, 0.2) is 10.8 Å². The first-order valence-corrected chi connectivity index (χ1v) is 12.3. The second-order valence-corrected chi connectivity index (χ2v) is 9.82. The van der Waals surface area contributed by atoms with Gasteiger partial charge in [0.25, 0.3) is 0 Å². The smallest absolute Gasteiger partial charge is 0.246 e. The highest BCUT2D eigenvalue weighted by Gasteiger charge is 2.30. The Morgan fingerprint density at radius 3 is 2.81 bits per heavy atom. The largest absolute Gasteiger partial charge is 0.492 e. The van der Waals surface area contributed by atoms with E-state index < -0.39 is 10.0 Å². The van der Waals surface area contributed by atoms with Gasteiger partial charge in [-0.2, -0.15) is 4.31 Å². The van der Waals surface area contributed by atoms with E-state index in [0.29, 0.717) is 41.8 Å². The third-order valence-electron chi connectivity index (χ3n) is 4.84. The first-order chi connectivity index (χ1) is 15.0. The first-order valence-electron chi connectivity index (χ1n) is 10.0. The number of amides is 1. The lowest BCUT2D eigenvalue weighted by Gasteiger charge is -2.19. The van der Waals surface area contributed by atoms with Crippen LogP contribution in [0, 0.1) is 0 Å². The zero-order valence-electron chi connectivity index (χ0n) is 17.0. The second-order valence-electron chi connectivity index (χ2n) is 7.05. The molecule has 0 saturated carbocycles. The first kappa shape index (κ1) is 21.5. The maximum Gasteiger partial charge on any atom is 0.246 e. The van der Waals surface area contributed by atoms with Crippen molar-refractivity contribution in [3.8, 4) is 16.5 Å². The average molecular weight is 462 g/mol. The minimum Gasteiger partial charge on any atom is -0.492 e. The van der Waals surface area contributed by atoms with Gasteiger partial charge >= 0.3 is 0 Å². The Hall–Kier alpha value is -2.69. The number of carbonyl (C=O) groups is 1. The molecule has 0 unspecified atom stereocenters. The Morgan fingerprint density at radius 2 is 2.10 bits per heavy atom. The number of nitrogens with one attached hydrogen (secondary N) is 1. The number of benzene rings is 1. The molecule has 1 N–H and O–H groups in total. The van der Waals surface area contributed by atoms with Crippen molar-refractivity contribution < 1.29 is 22.4 Å². The Balaban J connectivity index is 1.51. The minimum absolute atomic E-state index is 0.0681. The van der Waals surface area contributed by atoms with Crippen molar-refractivity contribution in [2.75, 3.05) is 25.0 Å². The maximum absolute atomic E-state index is 13.1. The van der Waals surface area contributed by atoms with Crippen molar-refractivity contribution >= 4 is 33.0 Å². The van der Waals surface area contributed by atoms with Crippen LogP contribution in [0.3, 0.4) is 0 Å². The molecule has 0 bridgehead atoms. The summed E-state index contributed by atoms with van der Waals surface area (Å²) in [5, 5.41) is 5.28. The van der Waals surface area contributed by atoms with Crippen LogP contribution in [0.5, 0.6) is 5.75 Å². The van der Waals surface area contributed by atoms with Gasteiger partial charge < -0.3 is 14.5 Å². The van der Waals surface area contributed by atoms with E-state index in [0.717, 1.165) is 12.8 Å². The normalized spacial score (nSPS) is 14.6. The number of hydrogen-bond donors (Lipinski definition) is 1. The van der Waals surface area contributed by atoms with Gasteiger partial charge in [0, 0.05) is 24.2 Å². The molecule has 3 aromatic rings. The number of rotatable bonds is 8. The number of furan rings is 1. The number of hydrogen-bond acceptors (Lipinski definition) is 7. The molecule has 1 aromatic carbocycles. The van der Waals surface area contributed by atoms with E-state index in [1.54, 1.807) is 36.8 Å². The third-order valence-corrected chi connectivity index (χ3v) is 7.66. The van der Waals surface area contributed by atoms with Gasteiger partial charge in [0.05, 0.1) is 25.0 Å². The summed E-state index contributed by atoms with van der Waals surface area (Å²) in [6, 6.07) is 8.28. The summed E-state index contributed by atoms with van der Waals surface area (Å²) in [4.78, 5) is 17.0. The summed E-state index contributed by atoms with van der Waals surface area (Å²) in [7, 11) is -3.69. The molecular weight excluding hydrogens is 438 g/mol. The van der Waals surface area contributed by atoms with Crippen molar-refractivity contribution in [2.24, 2.45) is 0 Å². The predicted octanol–water partition coefficient (Wildman–Crippen LogP) is 3.77. The predicted molar refractivity (Wildman–Crippen MR) is 118 cm³/mol. The van der Waals surface area contributed by atoms with Gasteiger partial charge in [-0.25, -0.2) is 13.4 Å². The second kappa shape index (κ2) is 9.21. The molecular formula is C21H23N3O5S2. The number of carbonyl (C=O) groups excluding carboxylic acids is 1. The molecule has 0 radical (unpaired) electrons. The van der Waals surface area contributed by atoms with Gasteiger partial charge in [-0.05, 0) is 50.1 Å². The SMILES string of the molecule is CCOc1ccc(NC(=O)Cc2csc(-c3ccco3)n2)cc1S(=O)(=O)N1CCCC1. The summed E-state index contributed by atoms with van der Waals surface area (Å²) < 4.78 is 38.5. The molecule has 4 rings (SSSR count). The summed E-state index contributed by atoms with van der Waals surface area (Å²) in [5.41, 5.74) is 1.01. The number of ether oxygens (including phenoxy) is 1. The lowest BCUT2D eigenvalue weighted by atomic mass is 10.2. The molecule has 1 aliphatic rings. The lowest BCUT2D eigenvalue weighted by molar-refractivity contribution is -0.115. The number of thiazole rings is 1. The van der Waals surface area contributed by atoms with Crippen molar-refractivity contribution in [3.05, 3.63) is 47.7 Å².